The van der Waals surface area contributed by atoms with Gasteiger partial charge in [0.2, 0.25) is 11.8 Å². The van der Waals surface area contributed by atoms with Gasteiger partial charge in [-0.25, -0.2) is 0 Å². The lowest BCUT2D eigenvalue weighted by Gasteiger charge is -2.12. The van der Waals surface area contributed by atoms with Gasteiger partial charge in [-0.2, -0.15) is 0 Å². The summed E-state index contributed by atoms with van der Waals surface area (Å²) in [6.07, 6.45) is -0.708. The zero-order valence-electron chi connectivity index (χ0n) is 12.2. The first kappa shape index (κ1) is 17.5. The summed E-state index contributed by atoms with van der Waals surface area (Å²) >= 11 is 5.76. The van der Waals surface area contributed by atoms with Crippen LogP contribution in [0.3, 0.4) is 0 Å². The van der Waals surface area contributed by atoms with Crippen LogP contribution in [-0.4, -0.2) is 29.5 Å². The van der Waals surface area contributed by atoms with Crippen molar-refractivity contribution in [3.05, 3.63) is 34.9 Å². The normalized spacial score (nSPS) is 12.0. The van der Waals surface area contributed by atoms with Crippen LogP contribution < -0.4 is 10.6 Å². The third kappa shape index (κ3) is 7.11. The minimum atomic E-state index is -0.883. The molecule has 2 amide bonds. The van der Waals surface area contributed by atoms with E-state index in [-0.39, 0.29) is 37.2 Å². The van der Waals surface area contributed by atoms with Crippen molar-refractivity contribution in [2.75, 3.05) is 6.54 Å². The number of benzene rings is 1. The fourth-order valence-electron chi connectivity index (χ4n) is 1.76. The van der Waals surface area contributed by atoms with Crippen LogP contribution in [0.1, 0.15) is 38.4 Å². The van der Waals surface area contributed by atoms with Crippen molar-refractivity contribution < 1.29 is 14.7 Å². The molecule has 1 rings (SSSR count). The topological polar surface area (TPSA) is 78.4 Å². The lowest BCUT2D eigenvalue weighted by Crippen LogP contribution is -2.34. The number of carbonyl (C=O) groups excluding carboxylic acids is 2. The van der Waals surface area contributed by atoms with Crippen molar-refractivity contribution in [3.63, 3.8) is 0 Å². The van der Waals surface area contributed by atoms with Crippen LogP contribution in [0, 0.1) is 0 Å². The predicted octanol–water partition coefficient (Wildman–Crippen LogP) is 1.79. The molecule has 0 heterocycles. The van der Waals surface area contributed by atoms with Crippen molar-refractivity contribution in [1.29, 1.82) is 0 Å². The highest BCUT2D eigenvalue weighted by atomic mass is 35.5. The minimum Gasteiger partial charge on any atom is -0.388 e. The Bertz CT molecular complexity index is 474. The Morgan fingerprint density at radius 3 is 2.38 bits per heavy atom. The largest absolute Gasteiger partial charge is 0.388 e. The molecule has 3 N–H and O–H groups in total. The molecule has 0 saturated heterocycles. The number of amides is 2. The van der Waals surface area contributed by atoms with Gasteiger partial charge in [-0.3, -0.25) is 9.59 Å². The molecule has 116 valence electrons. The lowest BCUT2D eigenvalue weighted by molar-refractivity contribution is -0.123. The lowest BCUT2D eigenvalue weighted by atomic mass is 10.1. The quantitative estimate of drug-likeness (QED) is 0.718. The molecule has 0 aliphatic carbocycles. The second-order valence-electron chi connectivity index (χ2n) is 5.09. The van der Waals surface area contributed by atoms with E-state index in [1.807, 2.05) is 13.8 Å². The molecule has 6 heteroatoms. The molecule has 1 aromatic rings. The van der Waals surface area contributed by atoms with E-state index in [1.165, 1.54) is 0 Å². The monoisotopic (exact) mass is 312 g/mol. The molecule has 1 aromatic carbocycles. The fourth-order valence-corrected chi connectivity index (χ4v) is 1.89. The van der Waals surface area contributed by atoms with Crippen molar-refractivity contribution in [2.45, 2.75) is 38.8 Å². The average Bonchev–Trinajstić information content (AvgIpc) is 2.38. The standard InChI is InChI=1S/C15H21ClN2O3/c1-10(2)18-14(20)7-8-17-15(21)9-13(19)11-3-5-12(16)6-4-11/h3-6,10,13,19H,7-9H2,1-2H3,(H,17,21)(H,18,20). The van der Waals surface area contributed by atoms with Gasteiger partial charge in [0.1, 0.15) is 0 Å². The Morgan fingerprint density at radius 1 is 1.19 bits per heavy atom. The molecule has 0 aromatic heterocycles. The zero-order valence-corrected chi connectivity index (χ0v) is 13.0. The maximum Gasteiger partial charge on any atom is 0.222 e. The maximum absolute atomic E-state index is 11.7. The summed E-state index contributed by atoms with van der Waals surface area (Å²) in [5, 5.41) is 15.9. The van der Waals surface area contributed by atoms with Gasteiger partial charge in [0.05, 0.1) is 12.5 Å². The zero-order chi connectivity index (χ0) is 15.8. The summed E-state index contributed by atoms with van der Waals surface area (Å²) in [6, 6.07) is 6.76. The van der Waals surface area contributed by atoms with E-state index in [0.29, 0.717) is 10.6 Å². The van der Waals surface area contributed by atoms with Gasteiger partial charge in [-0.05, 0) is 31.5 Å². The first-order valence-corrected chi connectivity index (χ1v) is 7.26. The summed E-state index contributed by atoms with van der Waals surface area (Å²) in [5.74, 6) is -0.404. The van der Waals surface area contributed by atoms with Gasteiger partial charge in [-0.1, -0.05) is 23.7 Å². The summed E-state index contributed by atoms with van der Waals surface area (Å²) in [7, 11) is 0. The number of halogens is 1. The van der Waals surface area contributed by atoms with Crippen LogP contribution in [0.15, 0.2) is 24.3 Å². The molecular formula is C15H21ClN2O3. The van der Waals surface area contributed by atoms with Gasteiger partial charge in [0.15, 0.2) is 0 Å². The molecular weight excluding hydrogens is 292 g/mol. The van der Waals surface area contributed by atoms with Crippen LogP contribution >= 0.6 is 11.6 Å². The molecule has 0 spiro atoms. The van der Waals surface area contributed by atoms with E-state index in [2.05, 4.69) is 10.6 Å². The van der Waals surface area contributed by atoms with E-state index < -0.39 is 6.10 Å². The third-order valence-corrected chi connectivity index (χ3v) is 3.01. The molecule has 0 radical (unpaired) electrons. The summed E-state index contributed by atoms with van der Waals surface area (Å²) in [4.78, 5) is 23.1. The number of hydrogen-bond donors (Lipinski definition) is 3. The fraction of sp³-hybridized carbons (Fsp3) is 0.467. The molecule has 0 aliphatic heterocycles. The molecule has 1 atom stereocenters. The maximum atomic E-state index is 11.7. The second kappa shape index (κ2) is 8.64. The van der Waals surface area contributed by atoms with Crippen LogP contribution in [-0.2, 0) is 9.59 Å². The Kier molecular flexibility index (Phi) is 7.19. The van der Waals surface area contributed by atoms with E-state index in [0.717, 1.165) is 0 Å². The molecule has 1 unspecified atom stereocenters. The molecule has 5 nitrogen and oxygen atoms in total. The van der Waals surface area contributed by atoms with Crippen LogP contribution in [0.4, 0.5) is 0 Å². The highest BCUT2D eigenvalue weighted by molar-refractivity contribution is 6.30. The Balaban J connectivity index is 2.30. The number of rotatable bonds is 7. The van der Waals surface area contributed by atoms with Gasteiger partial charge in [-0.15, -0.1) is 0 Å². The first-order chi connectivity index (χ1) is 9.88. The van der Waals surface area contributed by atoms with E-state index in [4.69, 9.17) is 11.6 Å². The molecule has 21 heavy (non-hydrogen) atoms. The van der Waals surface area contributed by atoms with Crippen LogP contribution in [0.5, 0.6) is 0 Å². The van der Waals surface area contributed by atoms with E-state index in [9.17, 15) is 14.7 Å². The van der Waals surface area contributed by atoms with Crippen LogP contribution in [0.2, 0.25) is 5.02 Å². The molecule has 0 saturated carbocycles. The van der Waals surface area contributed by atoms with Gasteiger partial charge < -0.3 is 15.7 Å². The summed E-state index contributed by atoms with van der Waals surface area (Å²) in [6.45, 7) is 4.00. The Morgan fingerprint density at radius 2 is 1.81 bits per heavy atom. The molecule has 0 fully saturated rings. The number of hydrogen-bond acceptors (Lipinski definition) is 3. The average molecular weight is 313 g/mol. The van der Waals surface area contributed by atoms with Gasteiger partial charge in [0.25, 0.3) is 0 Å². The summed E-state index contributed by atoms with van der Waals surface area (Å²) in [5.41, 5.74) is 0.632. The van der Waals surface area contributed by atoms with Crippen molar-refractivity contribution in [2.24, 2.45) is 0 Å². The predicted molar refractivity (Wildman–Crippen MR) is 81.9 cm³/mol. The number of nitrogens with one attached hydrogen (secondary N) is 2. The van der Waals surface area contributed by atoms with Crippen LogP contribution in [0.25, 0.3) is 0 Å². The number of carbonyl (C=O) groups is 2. The molecule has 0 aliphatic rings. The third-order valence-electron chi connectivity index (χ3n) is 2.76. The molecule has 0 bridgehead atoms. The van der Waals surface area contributed by atoms with E-state index in [1.54, 1.807) is 24.3 Å². The SMILES string of the molecule is CC(C)NC(=O)CCNC(=O)CC(O)c1ccc(Cl)cc1. The summed E-state index contributed by atoms with van der Waals surface area (Å²) < 4.78 is 0. The smallest absolute Gasteiger partial charge is 0.222 e. The first-order valence-electron chi connectivity index (χ1n) is 6.88. The van der Waals surface area contributed by atoms with Gasteiger partial charge in [0, 0.05) is 24.0 Å². The van der Waals surface area contributed by atoms with E-state index >= 15 is 0 Å². The number of aliphatic hydroxyl groups is 1. The Hall–Kier alpha value is -1.59. The second-order valence-corrected chi connectivity index (χ2v) is 5.53. The highest BCUT2D eigenvalue weighted by Gasteiger charge is 2.13. The van der Waals surface area contributed by atoms with Crippen molar-refractivity contribution in [1.82, 2.24) is 10.6 Å². The van der Waals surface area contributed by atoms with Gasteiger partial charge >= 0.3 is 0 Å². The number of aliphatic hydroxyl groups excluding tert-OH is 1. The highest BCUT2D eigenvalue weighted by Crippen LogP contribution is 2.18. The minimum absolute atomic E-state index is 0.0482. The van der Waals surface area contributed by atoms with Crippen molar-refractivity contribution in [3.8, 4) is 0 Å². The van der Waals surface area contributed by atoms with Crippen molar-refractivity contribution >= 4 is 23.4 Å². The Labute approximate surface area is 129 Å².